The summed E-state index contributed by atoms with van der Waals surface area (Å²) in [6.07, 6.45) is 0. The van der Waals surface area contributed by atoms with Crippen molar-refractivity contribution in [3.63, 3.8) is 0 Å². The molecule has 2 unspecified atom stereocenters. The molecule has 3 aromatic carbocycles. The van der Waals surface area contributed by atoms with Crippen LogP contribution in [0.1, 0.15) is 37.6 Å². The number of imidazole rings is 2. The van der Waals surface area contributed by atoms with Gasteiger partial charge in [-0.05, 0) is 55.6 Å². The Hall–Kier alpha value is -3.81. The lowest BCUT2D eigenvalue weighted by Crippen LogP contribution is -2.06. The molecule has 3 aromatic heterocycles. The number of nitrogens with one attached hydrogen (secondary N) is 2. The predicted octanol–water partition coefficient (Wildman–Crippen LogP) is 4.85. The molecular weight excluding hydrogens is 398 g/mol. The number of aromatic nitrogens is 5. The van der Waals surface area contributed by atoms with E-state index in [-0.39, 0.29) is 12.1 Å². The maximum absolute atomic E-state index is 6.00. The molecule has 0 aliphatic heterocycles. The summed E-state index contributed by atoms with van der Waals surface area (Å²) in [6, 6.07) is 18.4. The topological polar surface area (TPSA) is 122 Å². The van der Waals surface area contributed by atoms with Gasteiger partial charge in [0, 0.05) is 16.3 Å². The molecule has 2 atom stereocenters. The van der Waals surface area contributed by atoms with Crippen LogP contribution in [0.15, 0.2) is 54.6 Å². The van der Waals surface area contributed by atoms with E-state index in [0.717, 1.165) is 66.6 Å². The van der Waals surface area contributed by atoms with E-state index in [1.165, 1.54) is 0 Å². The van der Waals surface area contributed by atoms with Crippen molar-refractivity contribution >= 4 is 43.7 Å². The molecule has 0 spiro atoms. The number of H-pyrrole nitrogens is 2. The number of aromatic amines is 2. The van der Waals surface area contributed by atoms with Crippen molar-refractivity contribution in [2.75, 3.05) is 0 Å². The van der Waals surface area contributed by atoms with Gasteiger partial charge in [-0.2, -0.15) is 0 Å². The molecule has 6 rings (SSSR count). The van der Waals surface area contributed by atoms with E-state index >= 15 is 0 Å². The molecule has 0 radical (unpaired) electrons. The zero-order chi connectivity index (χ0) is 22.0. The molecule has 6 N–H and O–H groups in total. The summed E-state index contributed by atoms with van der Waals surface area (Å²) in [6.45, 7) is 3.85. The van der Waals surface area contributed by atoms with Crippen LogP contribution in [0.3, 0.4) is 0 Å². The van der Waals surface area contributed by atoms with Crippen molar-refractivity contribution in [2.24, 2.45) is 11.5 Å². The average molecular weight is 422 g/mol. The lowest BCUT2D eigenvalue weighted by molar-refractivity contribution is 0.760. The highest BCUT2D eigenvalue weighted by molar-refractivity contribution is 6.06. The maximum atomic E-state index is 6.00. The summed E-state index contributed by atoms with van der Waals surface area (Å²) in [5, 5.41) is 3.28. The van der Waals surface area contributed by atoms with Crippen molar-refractivity contribution < 1.29 is 0 Å². The molecule has 7 heteroatoms. The number of pyridine rings is 1. The second kappa shape index (κ2) is 6.85. The third kappa shape index (κ3) is 2.86. The van der Waals surface area contributed by atoms with Gasteiger partial charge in [-0.1, -0.05) is 18.2 Å². The fraction of sp³-hybridized carbons (Fsp3) is 0.160. The Kier molecular flexibility index (Phi) is 4.05. The van der Waals surface area contributed by atoms with Gasteiger partial charge in [0.15, 0.2) is 0 Å². The molecule has 0 aliphatic rings. The fourth-order valence-electron chi connectivity index (χ4n) is 4.28. The van der Waals surface area contributed by atoms with Gasteiger partial charge in [0.1, 0.15) is 11.6 Å². The minimum Gasteiger partial charge on any atom is -0.340 e. The quantitative estimate of drug-likeness (QED) is 0.325. The van der Waals surface area contributed by atoms with Gasteiger partial charge < -0.3 is 21.4 Å². The second-order valence-corrected chi connectivity index (χ2v) is 8.44. The van der Waals surface area contributed by atoms with Crippen LogP contribution in [-0.2, 0) is 0 Å². The highest BCUT2D eigenvalue weighted by Crippen LogP contribution is 2.31. The van der Waals surface area contributed by atoms with Gasteiger partial charge in [-0.25, -0.2) is 15.0 Å². The van der Waals surface area contributed by atoms with E-state index in [0.29, 0.717) is 0 Å². The Morgan fingerprint density at radius 2 is 1.25 bits per heavy atom. The lowest BCUT2D eigenvalue weighted by atomic mass is 10.0. The Balaban J connectivity index is 1.47. The van der Waals surface area contributed by atoms with Crippen LogP contribution >= 0.6 is 0 Å². The van der Waals surface area contributed by atoms with E-state index in [9.17, 15) is 0 Å². The van der Waals surface area contributed by atoms with Gasteiger partial charge >= 0.3 is 0 Å². The number of fused-ring (bicyclic) bond motifs is 6. The molecule has 7 nitrogen and oxygen atoms in total. The lowest BCUT2D eigenvalue weighted by Gasteiger charge is -2.06. The molecular formula is C25H23N7. The molecule has 0 saturated carbocycles. The van der Waals surface area contributed by atoms with E-state index in [4.69, 9.17) is 16.5 Å². The zero-order valence-corrected chi connectivity index (χ0v) is 17.8. The summed E-state index contributed by atoms with van der Waals surface area (Å²) in [7, 11) is 0. The fourth-order valence-corrected chi connectivity index (χ4v) is 4.28. The van der Waals surface area contributed by atoms with Gasteiger partial charge in [-0.3, -0.25) is 0 Å². The van der Waals surface area contributed by atoms with Crippen LogP contribution < -0.4 is 11.5 Å². The normalized spacial score (nSPS) is 14.0. The summed E-state index contributed by atoms with van der Waals surface area (Å²) >= 11 is 0. The zero-order valence-electron chi connectivity index (χ0n) is 17.8. The molecule has 0 saturated heterocycles. The first-order valence-electron chi connectivity index (χ1n) is 10.7. The number of nitrogens with two attached hydrogens (primary N) is 2. The number of nitrogens with zero attached hydrogens (tertiary/aromatic N) is 3. The van der Waals surface area contributed by atoms with Gasteiger partial charge in [0.05, 0.1) is 45.4 Å². The summed E-state index contributed by atoms with van der Waals surface area (Å²) in [5.41, 5.74) is 18.7. The van der Waals surface area contributed by atoms with Crippen molar-refractivity contribution in [3.05, 3.63) is 66.2 Å². The minimum atomic E-state index is -0.146. The van der Waals surface area contributed by atoms with Crippen molar-refractivity contribution in [1.82, 2.24) is 24.9 Å². The Labute approximate surface area is 183 Å². The highest BCUT2D eigenvalue weighted by atomic mass is 15.0. The first-order valence-corrected chi connectivity index (χ1v) is 10.7. The molecule has 3 heterocycles. The number of hydrogen-bond donors (Lipinski definition) is 4. The Morgan fingerprint density at radius 1 is 0.656 bits per heavy atom. The Bertz CT molecular complexity index is 1520. The maximum Gasteiger partial charge on any atom is 0.123 e. The third-order valence-corrected chi connectivity index (χ3v) is 5.99. The molecule has 0 bridgehead atoms. The van der Waals surface area contributed by atoms with Gasteiger partial charge in [0.2, 0.25) is 0 Å². The largest absolute Gasteiger partial charge is 0.340 e. The summed E-state index contributed by atoms with van der Waals surface area (Å²) in [5.74, 6) is 1.58. The van der Waals surface area contributed by atoms with Gasteiger partial charge in [-0.15, -0.1) is 0 Å². The SMILES string of the molecule is CC(N)c1nc2ccc3cc(-c4ccc5c(ccc6nc(C(C)N)[nH]c65)n4)ccc3c2[nH]1. The first-order chi connectivity index (χ1) is 15.5. The number of rotatable bonds is 3. The van der Waals surface area contributed by atoms with Crippen molar-refractivity contribution in [3.8, 4) is 11.3 Å². The van der Waals surface area contributed by atoms with E-state index in [2.05, 4.69) is 56.3 Å². The average Bonchev–Trinajstić information content (AvgIpc) is 3.43. The van der Waals surface area contributed by atoms with E-state index in [1.54, 1.807) is 0 Å². The van der Waals surface area contributed by atoms with Crippen molar-refractivity contribution in [1.29, 1.82) is 0 Å². The Morgan fingerprint density at radius 3 is 1.94 bits per heavy atom. The summed E-state index contributed by atoms with van der Waals surface area (Å²) in [4.78, 5) is 20.9. The van der Waals surface area contributed by atoms with Crippen LogP contribution in [0.2, 0.25) is 0 Å². The third-order valence-electron chi connectivity index (χ3n) is 5.99. The van der Waals surface area contributed by atoms with Crippen LogP contribution in [0.4, 0.5) is 0 Å². The molecule has 32 heavy (non-hydrogen) atoms. The van der Waals surface area contributed by atoms with Crippen LogP contribution in [0.5, 0.6) is 0 Å². The minimum absolute atomic E-state index is 0.135. The standard InChI is InChI=1S/C25H23N7/c1-12(26)24-29-20-7-4-14-11-15(3-5-16(14)22(20)31-24)18-8-6-17-19(28-18)9-10-21-23(17)32-25(30-21)13(2)27/h3-13H,26-27H2,1-2H3,(H,29,31)(H,30,32). The smallest absolute Gasteiger partial charge is 0.123 e. The second-order valence-electron chi connectivity index (χ2n) is 8.44. The number of benzene rings is 3. The molecule has 158 valence electrons. The van der Waals surface area contributed by atoms with E-state index < -0.39 is 0 Å². The predicted molar refractivity (Wildman–Crippen MR) is 129 cm³/mol. The molecule has 6 aromatic rings. The van der Waals surface area contributed by atoms with Crippen LogP contribution in [0.25, 0.3) is 55.0 Å². The summed E-state index contributed by atoms with van der Waals surface area (Å²) < 4.78 is 0. The molecule has 0 amide bonds. The van der Waals surface area contributed by atoms with Crippen LogP contribution in [-0.4, -0.2) is 24.9 Å². The van der Waals surface area contributed by atoms with Crippen LogP contribution in [0, 0.1) is 0 Å². The molecule has 0 fully saturated rings. The highest BCUT2D eigenvalue weighted by Gasteiger charge is 2.13. The number of hydrogen-bond acceptors (Lipinski definition) is 5. The first kappa shape index (κ1) is 18.9. The molecule has 0 aliphatic carbocycles. The monoisotopic (exact) mass is 421 g/mol. The van der Waals surface area contributed by atoms with E-state index in [1.807, 2.05) is 32.0 Å². The van der Waals surface area contributed by atoms with Gasteiger partial charge in [0.25, 0.3) is 0 Å². The van der Waals surface area contributed by atoms with Crippen molar-refractivity contribution in [2.45, 2.75) is 25.9 Å².